The number of aromatic nitrogens is 1. The van der Waals surface area contributed by atoms with Crippen LogP contribution >= 0.6 is 0 Å². The fourth-order valence-electron chi connectivity index (χ4n) is 2.33. The summed E-state index contributed by atoms with van der Waals surface area (Å²) in [6, 6.07) is 8.82. The summed E-state index contributed by atoms with van der Waals surface area (Å²) in [5.74, 6) is 0. The van der Waals surface area contributed by atoms with Crippen molar-refractivity contribution in [3.8, 4) is 0 Å². The van der Waals surface area contributed by atoms with Gasteiger partial charge in [-0.25, -0.2) is 0 Å². The SMILES string of the molecule is CC.CC(C)(C)c1cc(C(C)(C)C)n2ccccc12. The number of rotatable bonds is 0. The molecule has 0 saturated carbocycles. The summed E-state index contributed by atoms with van der Waals surface area (Å²) in [7, 11) is 0. The van der Waals surface area contributed by atoms with Gasteiger partial charge in [-0.3, -0.25) is 0 Å². The van der Waals surface area contributed by atoms with Crippen molar-refractivity contribution in [1.82, 2.24) is 4.40 Å². The average molecular weight is 259 g/mol. The zero-order valence-corrected chi connectivity index (χ0v) is 13.8. The first-order chi connectivity index (χ1) is 8.71. The smallest absolute Gasteiger partial charge is 0.0490 e. The molecule has 0 unspecified atom stereocenters. The Kier molecular flexibility index (Phi) is 4.50. The maximum atomic E-state index is 2.37. The third kappa shape index (κ3) is 3.20. The van der Waals surface area contributed by atoms with Gasteiger partial charge in [-0.05, 0) is 29.2 Å². The van der Waals surface area contributed by atoms with Crippen molar-refractivity contribution in [1.29, 1.82) is 0 Å². The Hall–Kier alpha value is -1.24. The normalized spacial score (nSPS) is 12.2. The van der Waals surface area contributed by atoms with Crippen LogP contribution in [0.1, 0.15) is 66.6 Å². The molecule has 2 heterocycles. The van der Waals surface area contributed by atoms with Crippen LogP contribution in [0.3, 0.4) is 0 Å². The lowest BCUT2D eigenvalue weighted by molar-refractivity contribution is 0.561. The van der Waals surface area contributed by atoms with Gasteiger partial charge in [-0.15, -0.1) is 0 Å². The first kappa shape index (κ1) is 15.8. The lowest BCUT2D eigenvalue weighted by Gasteiger charge is -2.18. The maximum absolute atomic E-state index is 2.37. The molecule has 0 N–H and O–H groups in total. The Morgan fingerprint density at radius 1 is 0.842 bits per heavy atom. The molecule has 0 aromatic carbocycles. The Bertz CT molecular complexity index is 485. The molecule has 0 saturated heterocycles. The first-order valence-electron chi connectivity index (χ1n) is 7.32. The van der Waals surface area contributed by atoms with Gasteiger partial charge in [0.1, 0.15) is 0 Å². The Morgan fingerprint density at radius 2 is 1.42 bits per heavy atom. The molecule has 0 aliphatic carbocycles. The largest absolute Gasteiger partial charge is 0.320 e. The van der Waals surface area contributed by atoms with Gasteiger partial charge in [0.15, 0.2) is 0 Å². The molecule has 0 aliphatic heterocycles. The fraction of sp³-hybridized carbons (Fsp3) is 0.556. The number of hydrogen-bond acceptors (Lipinski definition) is 0. The highest BCUT2D eigenvalue weighted by molar-refractivity contribution is 5.61. The van der Waals surface area contributed by atoms with Crippen molar-refractivity contribution in [2.45, 2.75) is 66.2 Å². The van der Waals surface area contributed by atoms with E-state index in [4.69, 9.17) is 0 Å². The molecule has 0 spiro atoms. The van der Waals surface area contributed by atoms with Gasteiger partial charge in [0.25, 0.3) is 0 Å². The second-order valence-electron chi connectivity index (χ2n) is 6.90. The lowest BCUT2D eigenvalue weighted by atomic mass is 9.85. The third-order valence-corrected chi connectivity index (χ3v) is 3.25. The van der Waals surface area contributed by atoms with Crippen LogP contribution in [0.15, 0.2) is 30.5 Å². The van der Waals surface area contributed by atoms with Crippen LogP contribution in [0.2, 0.25) is 0 Å². The van der Waals surface area contributed by atoms with E-state index in [9.17, 15) is 0 Å². The summed E-state index contributed by atoms with van der Waals surface area (Å²) < 4.78 is 2.33. The summed E-state index contributed by atoms with van der Waals surface area (Å²) in [4.78, 5) is 0. The van der Waals surface area contributed by atoms with Gasteiger partial charge in [-0.2, -0.15) is 0 Å². The van der Waals surface area contributed by atoms with E-state index in [-0.39, 0.29) is 10.8 Å². The molecule has 0 bridgehead atoms. The second-order valence-corrected chi connectivity index (χ2v) is 6.90. The molecule has 2 rings (SSSR count). The van der Waals surface area contributed by atoms with Crippen molar-refractivity contribution in [3.63, 3.8) is 0 Å². The standard InChI is InChI=1S/C16H23N.C2H6/c1-15(2,3)12-11-14(16(4,5)6)17-10-8-7-9-13(12)17;1-2/h7-11H,1-6H3;1-2H3. The van der Waals surface area contributed by atoms with Gasteiger partial charge >= 0.3 is 0 Å². The van der Waals surface area contributed by atoms with Crippen LogP contribution in [-0.4, -0.2) is 4.40 Å². The Labute approximate surface area is 118 Å². The number of fused-ring (bicyclic) bond motifs is 1. The third-order valence-electron chi connectivity index (χ3n) is 3.25. The molecule has 106 valence electrons. The zero-order valence-electron chi connectivity index (χ0n) is 13.8. The van der Waals surface area contributed by atoms with Crippen molar-refractivity contribution in [3.05, 3.63) is 41.7 Å². The summed E-state index contributed by atoms with van der Waals surface area (Å²) in [5, 5.41) is 0. The van der Waals surface area contributed by atoms with E-state index in [0.29, 0.717) is 0 Å². The van der Waals surface area contributed by atoms with Gasteiger partial charge in [0.05, 0.1) is 0 Å². The Balaban J connectivity index is 0.000000861. The van der Waals surface area contributed by atoms with Crippen molar-refractivity contribution >= 4 is 5.52 Å². The lowest BCUT2D eigenvalue weighted by Crippen LogP contribution is -2.14. The van der Waals surface area contributed by atoms with Crippen LogP contribution in [0.25, 0.3) is 5.52 Å². The molecule has 0 aliphatic rings. The Morgan fingerprint density at radius 3 is 1.89 bits per heavy atom. The van der Waals surface area contributed by atoms with Crippen LogP contribution in [0, 0.1) is 0 Å². The minimum absolute atomic E-state index is 0.174. The van der Waals surface area contributed by atoms with Crippen LogP contribution in [-0.2, 0) is 10.8 Å². The second kappa shape index (κ2) is 5.40. The molecule has 0 radical (unpaired) electrons. The van der Waals surface area contributed by atoms with E-state index in [1.54, 1.807) is 0 Å². The van der Waals surface area contributed by atoms with E-state index in [1.165, 1.54) is 16.8 Å². The number of pyridine rings is 1. The summed E-state index contributed by atoms with van der Waals surface area (Å²) in [6.45, 7) is 17.7. The fourth-order valence-corrected chi connectivity index (χ4v) is 2.33. The summed E-state index contributed by atoms with van der Waals surface area (Å²) >= 11 is 0. The first-order valence-corrected chi connectivity index (χ1v) is 7.32. The molecular weight excluding hydrogens is 230 g/mol. The monoisotopic (exact) mass is 259 g/mol. The molecule has 1 heteroatoms. The number of nitrogens with zero attached hydrogens (tertiary/aromatic N) is 1. The van der Waals surface area contributed by atoms with E-state index in [2.05, 4.69) is 76.4 Å². The quantitative estimate of drug-likeness (QED) is 0.583. The van der Waals surface area contributed by atoms with Gasteiger partial charge < -0.3 is 4.40 Å². The molecule has 2 aromatic heterocycles. The average Bonchev–Trinajstić information content (AvgIpc) is 2.70. The topological polar surface area (TPSA) is 4.41 Å². The van der Waals surface area contributed by atoms with Crippen LogP contribution in [0.4, 0.5) is 0 Å². The van der Waals surface area contributed by atoms with Crippen LogP contribution in [0.5, 0.6) is 0 Å². The van der Waals surface area contributed by atoms with Crippen LogP contribution < -0.4 is 0 Å². The van der Waals surface area contributed by atoms with Crippen molar-refractivity contribution in [2.75, 3.05) is 0 Å². The summed E-state index contributed by atoms with van der Waals surface area (Å²) in [5.41, 5.74) is 4.52. The van der Waals surface area contributed by atoms with E-state index in [0.717, 1.165) is 0 Å². The molecule has 0 amide bonds. The van der Waals surface area contributed by atoms with Crippen molar-refractivity contribution < 1.29 is 0 Å². The minimum atomic E-state index is 0.174. The molecule has 19 heavy (non-hydrogen) atoms. The van der Waals surface area contributed by atoms with E-state index < -0.39 is 0 Å². The minimum Gasteiger partial charge on any atom is -0.320 e. The highest BCUT2D eigenvalue weighted by Crippen LogP contribution is 2.34. The molecule has 0 fully saturated rings. The highest BCUT2D eigenvalue weighted by Gasteiger charge is 2.25. The predicted molar refractivity (Wildman–Crippen MR) is 86.1 cm³/mol. The van der Waals surface area contributed by atoms with Gasteiger partial charge in [0, 0.05) is 22.8 Å². The van der Waals surface area contributed by atoms with Gasteiger partial charge in [-0.1, -0.05) is 61.5 Å². The molecule has 2 aromatic rings. The molecular formula is C18H29N. The zero-order chi connectivity index (χ0) is 14.8. The van der Waals surface area contributed by atoms with Gasteiger partial charge in [0.2, 0.25) is 0 Å². The van der Waals surface area contributed by atoms with E-state index >= 15 is 0 Å². The highest BCUT2D eigenvalue weighted by atomic mass is 14.9. The molecule has 1 nitrogen and oxygen atoms in total. The van der Waals surface area contributed by atoms with Crippen molar-refractivity contribution in [2.24, 2.45) is 0 Å². The predicted octanol–water partition coefficient (Wildman–Crippen LogP) is 5.56. The summed E-state index contributed by atoms with van der Waals surface area (Å²) in [6.07, 6.45) is 2.17. The number of hydrogen-bond donors (Lipinski definition) is 0. The molecule has 0 atom stereocenters. The van der Waals surface area contributed by atoms with E-state index in [1.807, 2.05) is 13.8 Å². The maximum Gasteiger partial charge on any atom is 0.0490 e.